The number of ether oxygens (including phenoxy) is 1. The van der Waals surface area contributed by atoms with Gasteiger partial charge in [-0.05, 0) is 73.1 Å². The Morgan fingerprint density at radius 3 is 2.37 bits per heavy atom. The second-order valence-corrected chi connectivity index (χ2v) is 9.75. The first kappa shape index (κ1) is 27.4. The number of aliphatic hydroxyl groups is 1. The maximum Gasteiger partial charge on any atom is 0.295 e. The lowest BCUT2D eigenvalue weighted by molar-refractivity contribution is -0.140. The van der Waals surface area contributed by atoms with Crippen LogP contribution in [0, 0.1) is 6.92 Å². The number of likely N-dealkylation sites (N-methyl/N-ethyl adjacent to an activating group) is 1. The van der Waals surface area contributed by atoms with Gasteiger partial charge in [0.2, 0.25) is 0 Å². The predicted molar refractivity (Wildman–Crippen MR) is 150 cm³/mol. The second-order valence-electron chi connectivity index (χ2n) is 9.31. The fraction of sp³-hybridized carbons (Fsp3) is 0.290. The van der Waals surface area contributed by atoms with Crippen LogP contribution >= 0.6 is 11.6 Å². The molecule has 0 aliphatic carbocycles. The lowest BCUT2D eigenvalue weighted by atomic mass is 9.95. The zero-order valence-corrected chi connectivity index (χ0v) is 22.7. The molecule has 1 N–H and O–H groups in total. The average Bonchev–Trinajstić information content (AvgIpc) is 3.18. The predicted octanol–water partition coefficient (Wildman–Crippen LogP) is 5.99. The average molecular weight is 533 g/mol. The largest absolute Gasteiger partial charge is 0.507 e. The number of Topliss-reactive ketones (excluding diaryl/α,β-unsaturated/α-hetero) is 1. The minimum absolute atomic E-state index is 0.0605. The number of carbonyl (C=O) groups excluding carboxylic acids is 2. The van der Waals surface area contributed by atoms with Gasteiger partial charge in [0.25, 0.3) is 11.7 Å². The summed E-state index contributed by atoms with van der Waals surface area (Å²) in [6, 6.07) is 21.2. The molecule has 1 atom stereocenters. The fourth-order valence-corrected chi connectivity index (χ4v) is 4.92. The van der Waals surface area contributed by atoms with Crippen LogP contribution in [-0.2, 0) is 16.2 Å². The van der Waals surface area contributed by atoms with Crippen molar-refractivity contribution in [3.05, 3.63) is 106 Å². The second kappa shape index (κ2) is 12.3. The summed E-state index contributed by atoms with van der Waals surface area (Å²) in [6.45, 7) is 9.20. The van der Waals surface area contributed by atoms with Gasteiger partial charge in [0.1, 0.15) is 18.1 Å². The van der Waals surface area contributed by atoms with Gasteiger partial charge in [0, 0.05) is 23.7 Å². The van der Waals surface area contributed by atoms with Crippen molar-refractivity contribution in [1.82, 2.24) is 9.80 Å². The molecule has 1 aliphatic heterocycles. The van der Waals surface area contributed by atoms with E-state index in [0.29, 0.717) is 41.6 Å². The van der Waals surface area contributed by atoms with Crippen molar-refractivity contribution >= 4 is 29.1 Å². The lowest BCUT2D eigenvalue weighted by Crippen LogP contribution is -2.38. The fourth-order valence-electron chi connectivity index (χ4n) is 4.72. The molecule has 7 heteroatoms. The number of carbonyl (C=O) groups is 2. The lowest BCUT2D eigenvalue weighted by Gasteiger charge is -2.28. The molecular formula is C31H33ClN2O4. The molecule has 198 valence electrons. The van der Waals surface area contributed by atoms with Crippen LogP contribution in [0.2, 0.25) is 5.02 Å². The van der Waals surface area contributed by atoms with Crippen molar-refractivity contribution in [1.29, 1.82) is 0 Å². The van der Waals surface area contributed by atoms with Crippen molar-refractivity contribution in [2.24, 2.45) is 0 Å². The van der Waals surface area contributed by atoms with E-state index in [9.17, 15) is 14.7 Å². The van der Waals surface area contributed by atoms with Gasteiger partial charge in [-0.25, -0.2) is 0 Å². The Kier molecular flexibility index (Phi) is 8.87. The maximum atomic E-state index is 13.3. The number of halogens is 1. The number of likely N-dealkylation sites (tertiary alicyclic amines) is 1. The van der Waals surface area contributed by atoms with Gasteiger partial charge in [-0.3, -0.25) is 9.59 Å². The third-order valence-electron chi connectivity index (χ3n) is 7.04. The summed E-state index contributed by atoms with van der Waals surface area (Å²) >= 11 is 6.27. The van der Waals surface area contributed by atoms with Crippen LogP contribution in [0.4, 0.5) is 0 Å². The number of aryl methyl sites for hydroxylation is 1. The van der Waals surface area contributed by atoms with Crippen LogP contribution in [-0.4, -0.2) is 52.8 Å². The Bertz CT molecular complexity index is 1330. The molecule has 3 aromatic carbocycles. The molecule has 0 radical (unpaired) electrons. The molecule has 1 fully saturated rings. The monoisotopic (exact) mass is 532 g/mol. The minimum atomic E-state index is -0.735. The molecule has 38 heavy (non-hydrogen) atoms. The number of aliphatic hydroxyl groups excluding tert-OH is 1. The quantitative estimate of drug-likeness (QED) is 0.197. The zero-order valence-electron chi connectivity index (χ0n) is 22.0. The van der Waals surface area contributed by atoms with E-state index in [2.05, 4.69) is 18.7 Å². The number of hydrogen-bond donors (Lipinski definition) is 1. The zero-order chi connectivity index (χ0) is 27.2. The third-order valence-corrected chi connectivity index (χ3v) is 7.27. The van der Waals surface area contributed by atoms with Crippen LogP contribution in [0.25, 0.3) is 5.76 Å². The number of ketones is 1. The van der Waals surface area contributed by atoms with Crippen molar-refractivity contribution in [2.75, 3.05) is 26.2 Å². The summed E-state index contributed by atoms with van der Waals surface area (Å²) in [6.07, 6.45) is 0. The van der Waals surface area contributed by atoms with E-state index in [-0.39, 0.29) is 11.3 Å². The van der Waals surface area contributed by atoms with Gasteiger partial charge in [0.05, 0.1) is 11.6 Å². The Morgan fingerprint density at radius 2 is 1.71 bits per heavy atom. The third kappa shape index (κ3) is 5.93. The summed E-state index contributed by atoms with van der Waals surface area (Å²) in [5.74, 6) is -0.909. The van der Waals surface area contributed by atoms with E-state index in [0.717, 1.165) is 24.2 Å². The Balaban J connectivity index is 1.64. The van der Waals surface area contributed by atoms with Crippen LogP contribution in [0.3, 0.4) is 0 Å². The molecule has 0 aromatic heterocycles. The summed E-state index contributed by atoms with van der Waals surface area (Å²) in [5.41, 5.74) is 3.41. The number of rotatable bonds is 10. The van der Waals surface area contributed by atoms with Gasteiger partial charge in [-0.2, -0.15) is 0 Å². The van der Waals surface area contributed by atoms with Gasteiger partial charge >= 0.3 is 0 Å². The molecule has 0 spiro atoms. The van der Waals surface area contributed by atoms with Crippen LogP contribution in [0.15, 0.2) is 78.4 Å². The van der Waals surface area contributed by atoms with Gasteiger partial charge < -0.3 is 19.6 Å². The van der Waals surface area contributed by atoms with Gasteiger partial charge in [-0.1, -0.05) is 61.8 Å². The molecule has 6 nitrogen and oxygen atoms in total. The van der Waals surface area contributed by atoms with E-state index in [1.54, 1.807) is 42.5 Å². The topological polar surface area (TPSA) is 70.1 Å². The number of benzene rings is 3. The van der Waals surface area contributed by atoms with E-state index in [1.165, 1.54) is 4.90 Å². The summed E-state index contributed by atoms with van der Waals surface area (Å²) in [4.78, 5) is 30.2. The smallest absolute Gasteiger partial charge is 0.295 e. The molecule has 1 heterocycles. The highest BCUT2D eigenvalue weighted by atomic mass is 35.5. The van der Waals surface area contributed by atoms with Crippen molar-refractivity contribution in [3.63, 3.8) is 0 Å². The number of amides is 1. The van der Waals surface area contributed by atoms with Crippen molar-refractivity contribution in [3.8, 4) is 5.75 Å². The molecule has 1 aliphatic rings. The first-order valence-electron chi connectivity index (χ1n) is 12.9. The van der Waals surface area contributed by atoms with Crippen LogP contribution < -0.4 is 4.74 Å². The van der Waals surface area contributed by atoms with E-state index < -0.39 is 17.7 Å². The summed E-state index contributed by atoms with van der Waals surface area (Å²) < 4.78 is 5.92. The van der Waals surface area contributed by atoms with Crippen molar-refractivity contribution < 1.29 is 19.4 Å². The molecule has 3 aromatic rings. The molecular weight excluding hydrogens is 500 g/mol. The normalized spacial score (nSPS) is 16.9. The van der Waals surface area contributed by atoms with E-state index >= 15 is 0 Å². The highest BCUT2D eigenvalue weighted by molar-refractivity contribution is 6.46. The van der Waals surface area contributed by atoms with Gasteiger partial charge in [0.15, 0.2) is 0 Å². The molecule has 0 saturated carbocycles. The van der Waals surface area contributed by atoms with E-state index in [1.807, 2.05) is 37.3 Å². The molecule has 0 bridgehead atoms. The first-order valence-corrected chi connectivity index (χ1v) is 13.3. The molecule has 1 unspecified atom stereocenters. The van der Waals surface area contributed by atoms with Crippen LogP contribution in [0.1, 0.15) is 42.1 Å². The summed E-state index contributed by atoms with van der Waals surface area (Å²) in [7, 11) is 0. The molecule has 1 amide bonds. The van der Waals surface area contributed by atoms with Gasteiger partial charge in [-0.15, -0.1) is 0 Å². The molecule has 4 rings (SSSR count). The highest BCUT2D eigenvalue weighted by Gasteiger charge is 2.46. The van der Waals surface area contributed by atoms with Crippen molar-refractivity contribution in [2.45, 2.75) is 33.4 Å². The minimum Gasteiger partial charge on any atom is -0.507 e. The number of nitrogens with zero attached hydrogens (tertiary/aromatic N) is 2. The summed E-state index contributed by atoms with van der Waals surface area (Å²) in [5, 5.41) is 11.8. The first-order chi connectivity index (χ1) is 18.3. The Hall–Kier alpha value is -3.61. The van der Waals surface area contributed by atoms with E-state index in [4.69, 9.17) is 16.3 Å². The molecule has 1 saturated heterocycles. The maximum absolute atomic E-state index is 13.3. The highest BCUT2D eigenvalue weighted by Crippen LogP contribution is 2.40. The SMILES string of the molecule is CCN(CC)CCN1C(=O)C(=O)/C(=C(/O)c2ccc(OCc3ccccc3C)cc2)C1c1cccc(Cl)c1. The Labute approximate surface area is 229 Å². The Morgan fingerprint density at radius 1 is 1.00 bits per heavy atom. The number of hydrogen-bond acceptors (Lipinski definition) is 5. The van der Waals surface area contributed by atoms with Crippen LogP contribution in [0.5, 0.6) is 5.75 Å². The standard InChI is InChI=1S/C31H33ClN2O4/c1-4-33(5-2)17-18-34-28(23-11-8-12-25(32)19-23)27(30(36)31(34)37)29(35)22-13-15-26(16-14-22)38-20-24-10-7-6-9-21(24)3/h6-16,19,28,35H,4-5,17-18,20H2,1-3H3/b29-27+.